The van der Waals surface area contributed by atoms with Gasteiger partial charge in [0.05, 0.1) is 11.3 Å². The number of anilines is 1. The quantitative estimate of drug-likeness (QED) is 0.267. The van der Waals surface area contributed by atoms with Crippen molar-refractivity contribution in [3.05, 3.63) is 109 Å². The van der Waals surface area contributed by atoms with E-state index in [0.717, 1.165) is 30.0 Å². The maximum Gasteiger partial charge on any atom is 0.417 e. The van der Waals surface area contributed by atoms with Crippen molar-refractivity contribution in [3.8, 4) is 0 Å². The normalized spacial score (nSPS) is 15.3. The van der Waals surface area contributed by atoms with Crippen molar-refractivity contribution >= 4 is 39.9 Å². The number of nitrogens with zero attached hydrogens (tertiary/aromatic N) is 3. The van der Waals surface area contributed by atoms with Crippen molar-refractivity contribution < 1.29 is 26.5 Å². The average molecular weight is 563 g/mol. The SMILES string of the molecule is CCn1c(=Cc2cccc[n+]2Cc2ccc(F)c(F)c2)sc(=C2Sc3c(cccc3C(F)(F)F)N2C)c1=O. The van der Waals surface area contributed by atoms with E-state index < -0.39 is 23.4 Å². The lowest BCUT2D eigenvalue weighted by atomic mass is 10.2. The Balaban J connectivity index is 1.63. The fourth-order valence-corrected chi connectivity index (χ4v) is 6.88. The molecule has 1 aliphatic rings. The van der Waals surface area contributed by atoms with Crippen LogP contribution >= 0.6 is 23.1 Å². The number of rotatable bonds is 4. The standard InChI is InChI=1S/C27H21F5N3OS2/c1-3-35-22(14-17-7-4-5-12-34(17)15-16-10-11-19(28)20(29)13-16)37-24(25(35)36)26-33(2)21-9-6-8-18(23(21)38-26)27(30,31)32/h4-14H,3,15H2,1-2H3/q+1. The number of aromatic nitrogens is 2. The fraction of sp³-hybridized carbons (Fsp3) is 0.185. The molecule has 0 saturated carbocycles. The molecule has 0 radical (unpaired) electrons. The number of halogens is 5. The van der Waals surface area contributed by atoms with E-state index in [1.165, 1.54) is 23.5 Å². The smallest absolute Gasteiger partial charge is 0.337 e. The number of fused-ring (bicyclic) bond motifs is 1. The van der Waals surface area contributed by atoms with Crippen molar-refractivity contribution in [2.75, 3.05) is 11.9 Å². The van der Waals surface area contributed by atoms with Gasteiger partial charge in [-0.25, -0.2) is 8.78 Å². The van der Waals surface area contributed by atoms with Crippen molar-refractivity contribution in [2.45, 2.75) is 31.1 Å². The number of benzene rings is 2. The largest absolute Gasteiger partial charge is 0.417 e. The van der Waals surface area contributed by atoms with Crippen molar-refractivity contribution in [1.29, 1.82) is 0 Å². The van der Waals surface area contributed by atoms with E-state index in [2.05, 4.69) is 0 Å². The molecule has 4 nitrogen and oxygen atoms in total. The first-order valence-electron chi connectivity index (χ1n) is 11.6. The molecule has 5 rings (SSSR count). The van der Waals surface area contributed by atoms with Gasteiger partial charge in [0.25, 0.3) is 5.56 Å². The second-order valence-electron chi connectivity index (χ2n) is 8.58. The molecule has 4 aromatic rings. The molecule has 0 spiro atoms. The lowest BCUT2D eigenvalue weighted by Crippen LogP contribution is -2.38. The van der Waals surface area contributed by atoms with Crippen LogP contribution in [0.2, 0.25) is 0 Å². The van der Waals surface area contributed by atoms with E-state index in [1.807, 2.05) is 29.7 Å². The molecule has 196 valence electrons. The molecule has 0 aliphatic carbocycles. The van der Waals surface area contributed by atoms with Crippen LogP contribution in [0.5, 0.6) is 0 Å². The highest BCUT2D eigenvalue weighted by atomic mass is 32.2. The molecule has 0 N–H and O–H groups in total. The third kappa shape index (κ3) is 4.76. The van der Waals surface area contributed by atoms with Gasteiger partial charge in [-0.1, -0.05) is 17.8 Å². The Morgan fingerprint density at radius 3 is 2.53 bits per heavy atom. The Morgan fingerprint density at radius 2 is 1.82 bits per heavy atom. The van der Waals surface area contributed by atoms with E-state index in [-0.39, 0.29) is 17.0 Å². The van der Waals surface area contributed by atoms with E-state index in [0.29, 0.717) is 37.7 Å². The van der Waals surface area contributed by atoms with Gasteiger partial charge in [0.2, 0.25) is 5.69 Å². The number of thioether (sulfide) groups is 1. The van der Waals surface area contributed by atoms with Gasteiger partial charge in [0, 0.05) is 42.3 Å². The molecule has 0 unspecified atom stereocenters. The predicted molar refractivity (Wildman–Crippen MR) is 138 cm³/mol. The molecule has 2 aromatic carbocycles. The summed E-state index contributed by atoms with van der Waals surface area (Å²) in [7, 11) is 1.65. The highest BCUT2D eigenvalue weighted by Gasteiger charge is 2.38. The van der Waals surface area contributed by atoms with E-state index in [4.69, 9.17) is 0 Å². The third-order valence-electron chi connectivity index (χ3n) is 6.17. The van der Waals surface area contributed by atoms with Crippen LogP contribution in [0.25, 0.3) is 11.1 Å². The molecule has 0 fully saturated rings. The number of pyridine rings is 1. The summed E-state index contributed by atoms with van der Waals surface area (Å²) < 4.78 is 72.4. The topological polar surface area (TPSA) is 29.1 Å². The van der Waals surface area contributed by atoms with Crippen LogP contribution in [-0.4, -0.2) is 11.6 Å². The van der Waals surface area contributed by atoms with Crippen molar-refractivity contribution in [1.82, 2.24) is 4.57 Å². The van der Waals surface area contributed by atoms with Crippen LogP contribution in [0.3, 0.4) is 0 Å². The maximum atomic E-state index is 13.7. The average Bonchev–Trinajstić information content (AvgIpc) is 3.37. The minimum Gasteiger partial charge on any atom is -0.337 e. The van der Waals surface area contributed by atoms with Crippen LogP contribution in [0, 0.1) is 11.6 Å². The van der Waals surface area contributed by atoms with Crippen LogP contribution < -0.4 is 24.2 Å². The van der Waals surface area contributed by atoms with E-state index >= 15 is 0 Å². The highest BCUT2D eigenvalue weighted by molar-refractivity contribution is 8.08. The molecule has 0 amide bonds. The van der Waals surface area contributed by atoms with Crippen LogP contribution in [0.4, 0.5) is 27.6 Å². The summed E-state index contributed by atoms with van der Waals surface area (Å²) in [5, 5.41) is 0.441. The molecular weight excluding hydrogens is 541 g/mol. The molecule has 0 atom stereocenters. The van der Waals surface area contributed by atoms with Crippen molar-refractivity contribution in [3.63, 3.8) is 0 Å². The first kappa shape index (κ1) is 26.2. The first-order chi connectivity index (χ1) is 18.1. The van der Waals surface area contributed by atoms with Gasteiger partial charge in [-0.15, -0.1) is 11.3 Å². The van der Waals surface area contributed by atoms with Gasteiger partial charge in [0.15, 0.2) is 24.4 Å². The highest BCUT2D eigenvalue weighted by Crippen LogP contribution is 2.50. The van der Waals surface area contributed by atoms with Gasteiger partial charge >= 0.3 is 6.18 Å². The van der Waals surface area contributed by atoms with Gasteiger partial charge in [-0.2, -0.15) is 17.7 Å². The minimum absolute atomic E-state index is 0.0753. The van der Waals surface area contributed by atoms with Crippen molar-refractivity contribution in [2.24, 2.45) is 0 Å². The summed E-state index contributed by atoms with van der Waals surface area (Å²) >= 11 is 2.15. The monoisotopic (exact) mass is 562 g/mol. The first-order valence-corrected chi connectivity index (χ1v) is 13.2. The Kier molecular flexibility index (Phi) is 6.91. The third-order valence-corrected chi connectivity index (χ3v) is 8.72. The number of hydrogen-bond acceptors (Lipinski definition) is 4. The van der Waals surface area contributed by atoms with Gasteiger partial charge < -0.3 is 4.90 Å². The number of hydrogen-bond donors (Lipinski definition) is 0. The molecular formula is C27H21F5N3OS2+. The summed E-state index contributed by atoms with van der Waals surface area (Å²) in [6, 6.07) is 13.2. The zero-order valence-electron chi connectivity index (χ0n) is 20.2. The molecule has 0 bridgehead atoms. The summed E-state index contributed by atoms with van der Waals surface area (Å²) in [6.07, 6.45) is -0.908. The summed E-state index contributed by atoms with van der Waals surface area (Å²) in [5.41, 5.74) is 0.652. The Labute approximate surface area is 222 Å². The lowest BCUT2D eigenvalue weighted by Gasteiger charge is -2.13. The molecule has 0 saturated heterocycles. The molecule has 1 aliphatic heterocycles. The molecule has 11 heteroatoms. The number of thiazole rings is 1. The van der Waals surface area contributed by atoms with E-state index in [9.17, 15) is 26.7 Å². The van der Waals surface area contributed by atoms with Gasteiger partial charge in [0.1, 0.15) is 14.2 Å². The molecule has 2 aromatic heterocycles. The lowest BCUT2D eigenvalue weighted by molar-refractivity contribution is -0.690. The van der Waals surface area contributed by atoms with Gasteiger partial charge in [-0.3, -0.25) is 9.36 Å². The van der Waals surface area contributed by atoms with Crippen LogP contribution in [-0.2, 0) is 19.3 Å². The van der Waals surface area contributed by atoms with E-state index in [1.54, 1.807) is 34.8 Å². The predicted octanol–water partition coefficient (Wildman–Crippen LogP) is 4.70. The minimum atomic E-state index is -4.51. The maximum absolute atomic E-state index is 13.7. The number of alkyl halides is 3. The zero-order chi connectivity index (χ0) is 27.2. The second-order valence-corrected chi connectivity index (χ2v) is 10.6. The second kappa shape index (κ2) is 10.0. The van der Waals surface area contributed by atoms with Gasteiger partial charge in [-0.05, 0) is 43.3 Å². The summed E-state index contributed by atoms with van der Waals surface area (Å²) in [5.74, 6) is -1.86. The Morgan fingerprint density at radius 1 is 1.03 bits per heavy atom. The summed E-state index contributed by atoms with van der Waals surface area (Å²) in [4.78, 5) is 15.1. The Bertz CT molecular complexity index is 1730. The van der Waals surface area contributed by atoms with Crippen LogP contribution in [0.15, 0.2) is 70.5 Å². The molecule has 38 heavy (non-hydrogen) atoms. The fourth-order valence-electron chi connectivity index (χ4n) is 4.29. The Hall–Kier alpha value is -3.44. The van der Waals surface area contributed by atoms with Crippen LogP contribution in [0.1, 0.15) is 23.7 Å². The molecule has 3 heterocycles. The summed E-state index contributed by atoms with van der Waals surface area (Å²) in [6.45, 7) is 2.45. The zero-order valence-corrected chi connectivity index (χ0v) is 21.9.